The zero-order chi connectivity index (χ0) is 10.3. The Morgan fingerprint density at radius 1 is 0.737 bits per heavy atom. The van der Waals surface area contributed by atoms with E-state index < -0.39 is 24.1 Å². The molecule has 0 saturated heterocycles. The summed E-state index contributed by atoms with van der Waals surface area (Å²) >= 11 is 0. The van der Waals surface area contributed by atoms with E-state index in [1.807, 2.05) is 0 Å². The molecule has 0 aliphatic heterocycles. The third kappa shape index (κ3) is 75.4. The van der Waals surface area contributed by atoms with Gasteiger partial charge < -0.3 is 62.9 Å². The van der Waals surface area contributed by atoms with Gasteiger partial charge in [-0.25, -0.2) is 0 Å². The summed E-state index contributed by atoms with van der Waals surface area (Å²) in [6.07, 6.45) is -2.69. The average molecular weight is 311 g/mol. The Bertz CT molecular complexity index is 142. The van der Waals surface area contributed by atoms with Crippen molar-refractivity contribution in [2.75, 3.05) is 0 Å². The van der Waals surface area contributed by atoms with Gasteiger partial charge in [0.15, 0.2) is 0 Å². The molecule has 0 aromatic rings. The number of carboxylic acid groups (broad SMARTS) is 2. The summed E-state index contributed by atoms with van der Waals surface area (Å²) in [7, 11) is 0. The van der Waals surface area contributed by atoms with Crippen LogP contribution >= 0.6 is 0 Å². The van der Waals surface area contributed by atoms with E-state index in [0.717, 1.165) is 13.8 Å². The summed E-state index contributed by atoms with van der Waals surface area (Å²) in [4.78, 5) is 18.7. The number of hydrogen-bond acceptors (Lipinski definition) is 6. The summed E-state index contributed by atoms with van der Waals surface area (Å²) in [5.74, 6) is -2.87. The molecule has 0 fully saturated rings. The van der Waals surface area contributed by atoms with Crippen LogP contribution in [0.3, 0.4) is 0 Å². The smallest absolute Gasteiger partial charge is 0.547 e. The third-order valence-corrected chi connectivity index (χ3v) is 0.682. The summed E-state index contributed by atoms with van der Waals surface area (Å²) in [6, 6.07) is 0. The molecule has 19 heavy (non-hydrogen) atoms. The predicted molar refractivity (Wildman–Crippen MR) is 60.8 cm³/mol. The van der Waals surface area contributed by atoms with Crippen LogP contribution in [-0.2, 0) is 9.59 Å². The van der Waals surface area contributed by atoms with Crippen LogP contribution in [0.1, 0.15) is 13.8 Å². The molecule has 0 aliphatic carbocycles. The maximum absolute atomic E-state index is 9.34. The first-order chi connectivity index (χ1) is 5.29. The Balaban J connectivity index is -0.0000000110. The molecule has 0 heterocycles. The van der Waals surface area contributed by atoms with Crippen molar-refractivity contribution >= 4 is 35.0 Å². The number of carbonyl (C=O) groups is 2. The number of rotatable bonds is 2. The van der Waals surface area contributed by atoms with Crippen molar-refractivity contribution in [3.63, 3.8) is 0 Å². The molecule has 0 bridgehead atoms. The Kier molecular flexibility index (Phi) is 120. The summed E-state index contributed by atoms with van der Waals surface area (Å²) < 4.78 is 0. The molecule has 0 saturated carbocycles. The van der Waals surface area contributed by atoms with Gasteiger partial charge in [-0.1, -0.05) is 0 Å². The van der Waals surface area contributed by atoms with Crippen LogP contribution in [-0.4, -0.2) is 90.3 Å². The fraction of sp³-hybridized carbons (Fsp3) is 0.667. The summed E-state index contributed by atoms with van der Waals surface area (Å²) in [6.45, 7) is 2.27. The normalized spacial score (nSPS) is 8.63. The molecule has 2 atom stereocenters. The van der Waals surface area contributed by atoms with Crippen LogP contribution in [0.25, 0.3) is 0 Å². The maximum atomic E-state index is 9.34. The van der Waals surface area contributed by atoms with Gasteiger partial charge in [-0.2, -0.15) is 0 Å². The molecule has 14 N–H and O–H groups in total. The predicted octanol–water partition coefficient (Wildman–Crippen LogP) is -9.09. The van der Waals surface area contributed by atoms with E-state index in [-0.39, 0.29) is 55.9 Å². The zero-order valence-corrected chi connectivity index (χ0v) is 11.8. The summed E-state index contributed by atoms with van der Waals surface area (Å²) in [5, 5.41) is 34.6. The minimum Gasteiger partial charge on any atom is -0.547 e. The standard InChI is InChI=1S/2C3H6O3.Mg.6H2O/c2*1-2(4)3(5)6;;;;;;;/h2*2,4H,1H3,(H,5,6);;6*1H2/q;;+2;;;;;;/p-2. The Morgan fingerprint density at radius 3 is 0.789 bits per heavy atom. The molecular weight excluding hydrogens is 288 g/mol. The van der Waals surface area contributed by atoms with Crippen LogP contribution in [0, 0.1) is 0 Å². The quantitative estimate of drug-likeness (QED) is 0.465. The fourth-order valence-electron chi connectivity index (χ4n) is 0. The summed E-state index contributed by atoms with van der Waals surface area (Å²) in [5.41, 5.74) is 0. The average Bonchev–Trinajstić information content (AvgIpc) is 1.88. The Morgan fingerprint density at radius 2 is 0.789 bits per heavy atom. The number of hydrogen-bond donors (Lipinski definition) is 2. The SMILES string of the molecule is CC(O)C(=O)[O-].CC(O)C(=O)[O-].O.O.O.O.O.O.[Mg+2]. The van der Waals surface area contributed by atoms with Crippen molar-refractivity contribution in [2.45, 2.75) is 26.1 Å². The van der Waals surface area contributed by atoms with Gasteiger partial charge in [0.1, 0.15) is 0 Å². The molecule has 0 aliphatic rings. The van der Waals surface area contributed by atoms with Crippen LogP contribution in [0.4, 0.5) is 0 Å². The number of carboxylic acids is 2. The van der Waals surface area contributed by atoms with Crippen molar-refractivity contribution in [3.8, 4) is 0 Å². The molecule has 2 unspecified atom stereocenters. The van der Waals surface area contributed by atoms with Crippen molar-refractivity contribution in [3.05, 3.63) is 0 Å². The topological polar surface area (TPSA) is 310 Å². The van der Waals surface area contributed by atoms with E-state index in [4.69, 9.17) is 10.2 Å². The molecule has 0 aromatic carbocycles. The number of aliphatic carboxylic acids is 2. The zero-order valence-electron chi connectivity index (χ0n) is 10.4. The monoisotopic (exact) mass is 310 g/mol. The molecule has 0 amide bonds. The van der Waals surface area contributed by atoms with Gasteiger partial charge in [0.05, 0.1) is 24.1 Å². The van der Waals surface area contributed by atoms with Crippen LogP contribution in [0.5, 0.6) is 0 Å². The number of carbonyl (C=O) groups excluding carboxylic acids is 2. The second-order valence-corrected chi connectivity index (χ2v) is 1.99. The molecular formula is C6H22MgO12. The molecule has 120 valence electrons. The molecule has 0 rings (SSSR count). The molecule has 0 aromatic heterocycles. The van der Waals surface area contributed by atoms with E-state index in [1.165, 1.54) is 0 Å². The third-order valence-electron chi connectivity index (χ3n) is 0.682. The Hall–Kier alpha value is -0.614. The first kappa shape index (κ1) is 63.1. The van der Waals surface area contributed by atoms with Crippen molar-refractivity contribution in [1.29, 1.82) is 0 Å². The largest absolute Gasteiger partial charge is 2.00 e. The van der Waals surface area contributed by atoms with E-state index in [9.17, 15) is 19.8 Å². The fourth-order valence-corrected chi connectivity index (χ4v) is 0. The van der Waals surface area contributed by atoms with Crippen molar-refractivity contribution < 1.29 is 62.9 Å². The van der Waals surface area contributed by atoms with Gasteiger partial charge in [-0.05, 0) is 13.8 Å². The van der Waals surface area contributed by atoms with Crippen molar-refractivity contribution in [1.82, 2.24) is 0 Å². The first-order valence-electron chi connectivity index (χ1n) is 3.06. The second kappa shape index (κ2) is 36.0. The molecule has 12 nitrogen and oxygen atoms in total. The van der Waals surface area contributed by atoms with Gasteiger partial charge in [-0.15, -0.1) is 0 Å². The van der Waals surface area contributed by atoms with Gasteiger partial charge >= 0.3 is 23.1 Å². The van der Waals surface area contributed by atoms with Gasteiger partial charge in [0.2, 0.25) is 0 Å². The van der Waals surface area contributed by atoms with Gasteiger partial charge in [0, 0.05) is 0 Å². The molecule has 13 heteroatoms. The van der Waals surface area contributed by atoms with Crippen molar-refractivity contribution in [2.24, 2.45) is 0 Å². The number of aliphatic hydroxyl groups excluding tert-OH is 2. The molecule has 0 radical (unpaired) electrons. The minimum atomic E-state index is -1.44. The van der Waals surface area contributed by atoms with Gasteiger partial charge in [-0.3, -0.25) is 0 Å². The van der Waals surface area contributed by atoms with Crippen LogP contribution in [0.2, 0.25) is 0 Å². The maximum Gasteiger partial charge on any atom is 2.00 e. The first-order valence-corrected chi connectivity index (χ1v) is 3.06. The van der Waals surface area contributed by atoms with Gasteiger partial charge in [0.25, 0.3) is 0 Å². The van der Waals surface area contributed by atoms with Crippen LogP contribution < -0.4 is 10.2 Å². The second-order valence-electron chi connectivity index (χ2n) is 1.99. The van der Waals surface area contributed by atoms with E-state index >= 15 is 0 Å². The van der Waals surface area contributed by atoms with Crippen LogP contribution in [0.15, 0.2) is 0 Å². The minimum absolute atomic E-state index is 0. The van der Waals surface area contributed by atoms with E-state index in [0.29, 0.717) is 0 Å². The number of aliphatic hydroxyl groups is 2. The van der Waals surface area contributed by atoms with E-state index in [1.54, 1.807) is 0 Å². The van der Waals surface area contributed by atoms with E-state index in [2.05, 4.69) is 0 Å². The molecule has 0 spiro atoms. The Labute approximate surface area is 124 Å².